The number of hydrogen-bond acceptors (Lipinski definition) is 2. The predicted molar refractivity (Wildman–Crippen MR) is 79.4 cm³/mol. The lowest BCUT2D eigenvalue weighted by molar-refractivity contribution is 0.0698. The zero-order chi connectivity index (χ0) is 15.1. The van der Waals surface area contributed by atoms with Crippen molar-refractivity contribution >= 4 is 29.3 Å². The molecule has 0 saturated heterocycles. The van der Waals surface area contributed by atoms with Crippen LogP contribution in [0.1, 0.15) is 10.4 Å². The monoisotopic (exact) mass is 294 g/mol. The smallest absolute Gasteiger partial charge is 0.337 e. The van der Waals surface area contributed by atoms with Crippen LogP contribution >= 0.6 is 11.6 Å². The van der Waals surface area contributed by atoms with E-state index in [0.717, 1.165) is 0 Å². The number of halogens is 1. The predicted octanol–water partition coefficient (Wildman–Crippen LogP) is 3.24. The molecule has 1 rings (SSSR count). The van der Waals surface area contributed by atoms with Crippen LogP contribution in [0.4, 0.5) is 10.5 Å². The van der Waals surface area contributed by atoms with Gasteiger partial charge >= 0.3 is 12.0 Å². The number of urea groups is 1. The largest absolute Gasteiger partial charge is 0.478 e. The summed E-state index contributed by atoms with van der Waals surface area (Å²) in [7, 11) is 0. The van der Waals surface area contributed by atoms with Gasteiger partial charge in [-0.25, -0.2) is 9.59 Å². The number of hydrogen-bond donors (Lipinski definition) is 2. The number of carboxylic acids is 1. The summed E-state index contributed by atoms with van der Waals surface area (Å²) in [6, 6.07) is 3.73. The Morgan fingerprint density at radius 1 is 1.30 bits per heavy atom. The van der Waals surface area contributed by atoms with Crippen LogP contribution in [0, 0.1) is 0 Å². The van der Waals surface area contributed by atoms with E-state index in [2.05, 4.69) is 18.5 Å². The Kier molecular flexibility index (Phi) is 5.80. The third-order valence-corrected chi connectivity index (χ3v) is 2.67. The minimum Gasteiger partial charge on any atom is -0.478 e. The first kappa shape index (κ1) is 15.8. The molecule has 0 bridgehead atoms. The second kappa shape index (κ2) is 7.35. The maximum absolute atomic E-state index is 12.1. The van der Waals surface area contributed by atoms with E-state index >= 15 is 0 Å². The molecule has 2 N–H and O–H groups in total. The second-order valence-corrected chi connectivity index (χ2v) is 4.34. The number of carbonyl (C=O) groups is 2. The lowest BCUT2D eigenvalue weighted by Crippen LogP contribution is -2.35. The summed E-state index contributed by atoms with van der Waals surface area (Å²) in [4.78, 5) is 24.6. The fourth-order valence-corrected chi connectivity index (χ4v) is 1.72. The van der Waals surface area contributed by atoms with Gasteiger partial charge in [-0.05, 0) is 18.2 Å². The van der Waals surface area contributed by atoms with Crippen LogP contribution in [0.2, 0.25) is 5.02 Å². The van der Waals surface area contributed by atoms with Gasteiger partial charge in [0.15, 0.2) is 0 Å². The average Bonchev–Trinajstić information content (AvgIpc) is 2.38. The molecule has 1 aromatic rings. The topological polar surface area (TPSA) is 69.6 Å². The van der Waals surface area contributed by atoms with E-state index in [1.807, 2.05) is 0 Å². The minimum absolute atomic E-state index is 0.0279. The lowest BCUT2D eigenvalue weighted by Gasteiger charge is -2.20. The van der Waals surface area contributed by atoms with Crippen LogP contribution in [0.3, 0.4) is 0 Å². The van der Waals surface area contributed by atoms with E-state index in [1.54, 1.807) is 12.2 Å². The van der Waals surface area contributed by atoms with Crippen molar-refractivity contribution in [3.05, 3.63) is 54.1 Å². The first-order chi connectivity index (χ1) is 9.49. The highest BCUT2D eigenvalue weighted by atomic mass is 35.5. The molecule has 20 heavy (non-hydrogen) atoms. The van der Waals surface area contributed by atoms with E-state index in [-0.39, 0.29) is 11.3 Å². The molecule has 0 radical (unpaired) electrons. The molecule has 0 aliphatic rings. The van der Waals surface area contributed by atoms with Gasteiger partial charge in [-0.2, -0.15) is 0 Å². The zero-order valence-corrected chi connectivity index (χ0v) is 11.6. The van der Waals surface area contributed by atoms with Crippen molar-refractivity contribution in [2.75, 3.05) is 18.4 Å². The van der Waals surface area contributed by atoms with E-state index < -0.39 is 12.0 Å². The molecule has 0 heterocycles. The van der Waals surface area contributed by atoms with Crippen molar-refractivity contribution in [1.29, 1.82) is 0 Å². The Bertz CT molecular complexity index is 533. The van der Waals surface area contributed by atoms with Crippen LogP contribution in [0.5, 0.6) is 0 Å². The highest BCUT2D eigenvalue weighted by Gasteiger charge is 2.16. The molecule has 0 aliphatic carbocycles. The second-order valence-electron chi connectivity index (χ2n) is 3.91. The molecule has 6 heteroatoms. The summed E-state index contributed by atoms with van der Waals surface area (Å²) >= 11 is 5.82. The van der Waals surface area contributed by atoms with Crippen molar-refractivity contribution in [2.24, 2.45) is 0 Å². The molecule has 5 nitrogen and oxygen atoms in total. The van der Waals surface area contributed by atoms with Gasteiger partial charge in [0.25, 0.3) is 0 Å². The van der Waals surface area contributed by atoms with Crippen LogP contribution < -0.4 is 5.32 Å². The molecular formula is C14H15ClN2O3. The molecule has 0 atom stereocenters. The van der Waals surface area contributed by atoms with Crippen LogP contribution in [-0.4, -0.2) is 35.1 Å². The molecule has 0 aliphatic heterocycles. The molecule has 0 aromatic heterocycles. The highest BCUT2D eigenvalue weighted by molar-refractivity contribution is 6.31. The fourth-order valence-electron chi connectivity index (χ4n) is 1.55. The SMILES string of the molecule is C=CCN(CC=C)C(=O)Nc1cc(Cl)ccc1C(=O)O. The number of nitrogens with one attached hydrogen (secondary N) is 1. The normalized spacial score (nSPS) is 9.65. The Balaban J connectivity index is 2.98. The van der Waals surface area contributed by atoms with Gasteiger partial charge in [-0.1, -0.05) is 23.8 Å². The number of rotatable bonds is 6. The molecule has 106 valence electrons. The fraction of sp³-hybridized carbons (Fsp3) is 0.143. The molecule has 0 spiro atoms. The van der Waals surface area contributed by atoms with Crippen molar-refractivity contribution < 1.29 is 14.7 Å². The Labute approximate surface area is 122 Å². The molecule has 1 aromatic carbocycles. The highest BCUT2D eigenvalue weighted by Crippen LogP contribution is 2.21. The molecule has 2 amide bonds. The Hall–Kier alpha value is -2.27. The summed E-state index contributed by atoms with van der Waals surface area (Å²) in [6.07, 6.45) is 3.14. The molecule has 0 unspecified atom stereocenters. The molecule has 0 fully saturated rings. The standard InChI is InChI=1S/C14H15ClN2O3/c1-3-7-17(8-4-2)14(20)16-12-9-10(15)5-6-11(12)13(18)19/h3-6,9H,1-2,7-8H2,(H,16,20)(H,18,19). The van der Waals surface area contributed by atoms with E-state index in [1.165, 1.54) is 23.1 Å². The number of benzene rings is 1. The summed E-state index contributed by atoms with van der Waals surface area (Å²) in [5.74, 6) is -1.14. The van der Waals surface area contributed by atoms with E-state index in [9.17, 15) is 9.59 Å². The van der Waals surface area contributed by atoms with E-state index in [4.69, 9.17) is 16.7 Å². The average molecular weight is 295 g/mol. The zero-order valence-electron chi connectivity index (χ0n) is 10.8. The lowest BCUT2D eigenvalue weighted by atomic mass is 10.2. The van der Waals surface area contributed by atoms with Crippen LogP contribution in [0.25, 0.3) is 0 Å². The van der Waals surface area contributed by atoms with Crippen LogP contribution in [-0.2, 0) is 0 Å². The maximum Gasteiger partial charge on any atom is 0.337 e. The first-order valence-electron chi connectivity index (χ1n) is 5.80. The Morgan fingerprint density at radius 3 is 2.40 bits per heavy atom. The van der Waals surface area contributed by atoms with Gasteiger partial charge in [0.2, 0.25) is 0 Å². The van der Waals surface area contributed by atoms with Gasteiger partial charge < -0.3 is 15.3 Å². The third-order valence-electron chi connectivity index (χ3n) is 2.44. The quantitative estimate of drug-likeness (QED) is 0.791. The summed E-state index contributed by atoms with van der Waals surface area (Å²) in [5, 5.41) is 11.9. The van der Waals surface area contributed by atoms with Crippen molar-refractivity contribution in [3.63, 3.8) is 0 Å². The van der Waals surface area contributed by atoms with Crippen molar-refractivity contribution in [3.8, 4) is 0 Å². The van der Waals surface area contributed by atoms with Gasteiger partial charge in [-0.3, -0.25) is 0 Å². The van der Waals surface area contributed by atoms with Crippen LogP contribution in [0.15, 0.2) is 43.5 Å². The summed E-state index contributed by atoms with van der Waals surface area (Å²) in [5.41, 5.74) is 0.119. The summed E-state index contributed by atoms with van der Waals surface area (Å²) in [6.45, 7) is 7.76. The Morgan fingerprint density at radius 2 is 1.90 bits per heavy atom. The van der Waals surface area contributed by atoms with Gasteiger partial charge in [0.1, 0.15) is 0 Å². The number of nitrogens with zero attached hydrogens (tertiary/aromatic N) is 1. The number of amides is 2. The van der Waals surface area contributed by atoms with Gasteiger partial charge in [0.05, 0.1) is 11.3 Å². The molecular weight excluding hydrogens is 280 g/mol. The third kappa shape index (κ3) is 4.13. The number of anilines is 1. The maximum atomic E-state index is 12.1. The van der Waals surface area contributed by atoms with Gasteiger partial charge in [0, 0.05) is 18.1 Å². The number of carboxylic acid groups (broad SMARTS) is 1. The first-order valence-corrected chi connectivity index (χ1v) is 6.18. The number of carbonyl (C=O) groups excluding carboxylic acids is 1. The number of aromatic carboxylic acids is 1. The van der Waals surface area contributed by atoms with Gasteiger partial charge in [-0.15, -0.1) is 13.2 Å². The van der Waals surface area contributed by atoms with E-state index in [0.29, 0.717) is 18.1 Å². The minimum atomic E-state index is -1.14. The van der Waals surface area contributed by atoms with Crippen molar-refractivity contribution in [2.45, 2.75) is 0 Å². The molecule has 0 saturated carbocycles. The summed E-state index contributed by atoms with van der Waals surface area (Å²) < 4.78 is 0. The van der Waals surface area contributed by atoms with Crippen molar-refractivity contribution in [1.82, 2.24) is 4.90 Å².